The van der Waals surface area contributed by atoms with Gasteiger partial charge in [0.15, 0.2) is 0 Å². The first kappa shape index (κ1) is 22.4. The van der Waals surface area contributed by atoms with Gasteiger partial charge in [0.2, 0.25) is 0 Å². The Hall–Kier alpha value is -2.64. The summed E-state index contributed by atoms with van der Waals surface area (Å²) in [4.78, 5) is 40.5. The second kappa shape index (κ2) is 8.83. The first-order valence-electron chi connectivity index (χ1n) is 8.76. The van der Waals surface area contributed by atoms with Crippen LogP contribution in [0.15, 0.2) is 12.1 Å². The standard InChI is InChI=1S/C19H29N3O5/c1-8-19(6,16(24)26-7)22-15(23)14-10-9-13(21-12(14)2)11-20-17(25)27-18(3,4)5/h9-10H,8,11H2,1-7H3,(H,20,25)(H,22,23). The molecule has 0 bridgehead atoms. The first-order valence-corrected chi connectivity index (χ1v) is 8.76. The van der Waals surface area contributed by atoms with Crippen LogP contribution in [0.4, 0.5) is 4.79 Å². The highest BCUT2D eigenvalue weighted by molar-refractivity contribution is 5.98. The van der Waals surface area contributed by atoms with Crippen molar-refractivity contribution in [1.29, 1.82) is 0 Å². The van der Waals surface area contributed by atoms with Gasteiger partial charge < -0.3 is 20.1 Å². The van der Waals surface area contributed by atoms with Crippen LogP contribution in [0, 0.1) is 6.92 Å². The van der Waals surface area contributed by atoms with E-state index in [0.29, 0.717) is 23.4 Å². The van der Waals surface area contributed by atoms with E-state index >= 15 is 0 Å². The van der Waals surface area contributed by atoms with Crippen LogP contribution in [0.3, 0.4) is 0 Å². The summed E-state index contributed by atoms with van der Waals surface area (Å²) in [7, 11) is 1.28. The highest BCUT2D eigenvalue weighted by Gasteiger charge is 2.34. The highest BCUT2D eigenvalue weighted by atomic mass is 16.6. The number of hydrogen-bond donors (Lipinski definition) is 2. The minimum Gasteiger partial charge on any atom is -0.467 e. The van der Waals surface area contributed by atoms with Crippen LogP contribution >= 0.6 is 0 Å². The molecule has 0 saturated carbocycles. The molecule has 150 valence electrons. The van der Waals surface area contributed by atoms with Crippen molar-refractivity contribution in [3.63, 3.8) is 0 Å². The van der Waals surface area contributed by atoms with Crippen LogP contribution in [0.1, 0.15) is 62.8 Å². The van der Waals surface area contributed by atoms with Gasteiger partial charge in [0, 0.05) is 0 Å². The third-order valence-electron chi connectivity index (χ3n) is 3.93. The van der Waals surface area contributed by atoms with Gasteiger partial charge in [-0.05, 0) is 53.2 Å². The van der Waals surface area contributed by atoms with Gasteiger partial charge in [-0.3, -0.25) is 9.78 Å². The van der Waals surface area contributed by atoms with Crippen molar-refractivity contribution in [2.75, 3.05) is 7.11 Å². The van der Waals surface area contributed by atoms with E-state index < -0.39 is 29.1 Å². The Balaban J connectivity index is 2.81. The molecule has 0 aliphatic heterocycles. The zero-order valence-corrected chi connectivity index (χ0v) is 17.1. The van der Waals surface area contributed by atoms with Crippen molar-refractivity contribution in [2.45, 2.75) is 65.6 Å². The van der Waals surface area contributed by atoms with Crippen LogP contribution in [-0.4, -0.2) is 41.2 Å². The molecule has 1 atom stereocenters. The molecule has 27 heavy (non-hydrogen) atoms. The Labute approximate surface area is 160 Å². The second-order valence-electron chi connectivity index (χ2n) is 7.42. The molecule has 0 radical (unpaired) electrons. The number of amides is 2. The molecule has 1 rings (SSSR count). The summed E-state index contributed by atoms with van der Waals surface area (Å²) in [5, 5.41) is 5.32. The van der Waals surface area contributed by atoms with Gasteiger partial charge in [0.25, 0.3) is 5.91 Å². The molecule has 8 heteroatoms. The van der Waals surface area contributed by atoms with E-state index in [9.17, 15) is 14.4 Å². The minimum atomic E-state index is -1.12. The molecule has 0 aliphatic rings. The summed E-state index contributed by atoms with van der Waals surface area (Å²) in [5.41, 5.74) is -0.282. The number of ether oxygens (including phenoxy) is 2. The van der Waals surface area contributed by atoms with Gasteiger partial charge in [-0.15, -0.1) is 0 Å². The smallest absolute Gasteiger partial charge is 0.407 e. The fourth-order valence-electron chi connectivity index (χ4n) is 2.26. The van der Waals surface area contributed by atoms with E-state index in [4.69, 9.17) is 9.47 Å². The molecule has 0 spiro atoms. The van der Waals surface area contributed by atoms with E-state index in [1.54, 1.807) is 53.7 Å². The van der Waals surface area contributed by atoms with E-state index in [1.165, 1.54) is 7.11 Å². The summed E-state index contributed by atoms with van der Waals surface area (Å²) in [6.45, 7) is 10.6. The summed E-state index contributed by atoms with van der Waals surface area (Å²) in [6, 6.07) is 3.25. The van der Waals surface area contributed by atoms with Gasteiger partial charge in [-0.25, -0.2) is 9.59 Å². The normalized spacial score (nSPS) is 13.3. The number of esters is 1. The Bertz CT molecular complexity index is 712. The number of nitrogens with one attached hydrogen (secondary N) is 2. The average Bonchev–Trinajstić information content (AvgIpc) is 2.57. The van der Waals surface area contributed by atoms with Crippen molar-refractivity contribution < 1.29 is 23.9 Å². The predicted octanol–water partition coefficient (Wildman–Crippen LogP) is 2.49. The zero-order chi connectivity index (χ0) is 20.8. The fraction of sp³-hybridized carbons (Fsp3) is 0.579. The number of alkyl carbamates (subject to hydrolysis) is 1. The maximum atomic E-state index is 12.5. The second-order valence-corrected chi connectivity index (χ2v) is 7.42. The van der Waals surface area contributed by atoms with Crippen molar-refractivity contribution in [3.8, 4) is 0 Å². The number of hydrogen-bond acceptors (Lipinski definition) is 6. The van der Waals surface area contributed by atoms with Crippen LogP contribution < -0.4 is 10.6 Å². The van der Waals surface area contributed by atoms with E-state index in [0.717, 1.165) is 0 Å². The maximum Gasteiger partial charge on any atom is 0.407 e. The van der Waals surface area contributed by atoms with Gasteiger partial charge in [-0.1, -0.05) is 6.92 Å². The third-order valence-corrected chi connectivity index (χ3v) is 3.93. The number of rotatable bonds is 6. The molecule has 2 amide bonds. The quantitative estimate of drug-likeness (QED) is 0.736. The lowest BCUT2D eigenvalue weighted by Gasteiger charge is -2.26. The number of carbonyl (C=O) groups excluding carboxylic acids is 3. The molecule has 0 aromatic carbocycles. The Morgan fingerprint density at radius 2 is 1.78 bits per heavy atom. The number of methoxy groups -OCH3 is 1. The number of nitrogens with zero attached hydrogens (tertiary/aromatic N) is 1. The lowest BCUT2D eigenvalue weighted by Crippen LogP contribution is -2.52. The highest BCUT2D eigenvalue weighted by Crippen LogP contribution is 2.15. The molecule has 1 unspecified atom stereocenters. The van der Waals surface area contributed by atoms with E-state index in [1.807, 2.05) is 0 Å². The Kier molecular flexibility index (Phi) is 7.33. The van der Waals surface area contributed by atoms with Gasteiger partial charge in [0.1, 0.15) is 11.1 Å². The number of aromatic nitrogens is 1. The fourth-order valence-corrected chi connectivity index (χ4v) is 2.26. The van der Waals surface area contributed by atoms with E-state index in [-0.39, 0.29) is 6.54 Å². The summed E-state index contributed by atoms with van der Waals surface area (Å²) >= 11 is 0. The lowest BCUT2D eigenvalue weighted by molar-refractivity contribution is -0.147. The molecular weight excluding hydrogens is 350 g/mol. The van der Waals surface area contributed by atoms with Gasteiger partial charge in [0.05, 0.1) is 30.6 Å². The minimum absolute atomic E-state index is 0.173. The largest absolute Gasteiger partial charge is 0.467 e. The lowest BCUT2D eigenvalue weighted by atomic mass is 9.98. The molecule has 1 aromatic rings. The Morgan fingerprint density at radius 1 is 1.15 bits per heavy atom. The first-order chi connectivity index (χ1) is 12.4. The van der Waals surface area contributed by atoms with Crippen LogP contribution in [-0.2, 0) is 20.8 Å². The number of carbonyl (C=O) groups is 3. The van der Waals surface area contributed by atoms with Crippen molar-refractivity contribution in [2.24, 2.45) is 0 Å². The van der Waals surface area contributed by atoms with Crippen molar-refractivity contribution in [3.05, 3.63) is 29.1 Å². The number of pyridine rings is 1. The summed E-state index contributed by atoms with van der Waals surface area (Å²) in [5.74, 6) is -0.927. The maximum absolute atomic E-state index is 12.5. The SMILES string of the molecule is CCC(C)(NC(=O)c1ccc(CNC(=O)OC(C)(C)C)nc1C)C(=O)OC. The zero-order valence-electron chi connectivity index (χ0n) is 17.1. The molecular formula is C19H29N3O5. The van der Waals surface area contributed by atoms with E-state index in [2.05, 4.69) is 15.6 Å². The summed E-state index contributed by atoms with van der Waals surface area (Å²) in [6.07, 6.45) is -0.156. The van der Waals surface area contributed by atoms with Crippen LogP contribution in [0.5, 0.6) is 0 Å². The molecule has 1 heterocycles. The molecule has 0 saturated heterocycles. The van der Waals surface area contributed by atoms with Gasteiger partial charge >= 0.3 is 12.1 Å². The number of aryl methyl sites for hydroxylation is 1. The summed E-state index contributed by atoms with van der Waals surface area (Å²) < 4.78 is 9.93. The molecule has 2 N–H and O–H groups in total. The average molecular weight is 379 g/mol. The monoisotopic (exact) mass is 379 g/mol. The third kappa shape index (κ3) is 6.54. The van der Waals surface area contributed by atoms with Crippen molar-refractivity contribution in [1.82, 2.24) is 15.6 Å². The molecule has 0 aliphatic carbocycles. The topological polar surface area (TPSA) is 107 Å². The van der Waals surface area contributed by atoms with Crippen molar-refractivity contribution >= 4 is 18.0 Å². The Morgan fingerprint density at radius 3 is 2.26 bits per heavy atom. The molecule has 0 fully saturated rings. The molecule has 1 aromatic heterocycles. The van der Waals surface area contributed by atoms with Crippen LogP contribution in [0.2, 0.25) is 0 Å². The predicted molar refractivity (Wildman–Crippen MR) is 100 cm³/mol. The van der Waals surface area contributed by atoms with Gasteiger partial charge in [-0.2, -0.15) is 0 Å². The van der Waals surface area contributed by atoms with Crippen LogP contribution in [0.25, 0.3) is 0 Å². The molecule has 8 nitrogen and oxygen atoms in total.